The van der Waals surface area contributed by atoms with Crippen LogP contribution >= 0.6 is 0 Å². The Morgan fingerprint density at radius 3 is 2.91 bits per heavy atom. The highest BCUT2D eigenvalue weighted by Crippen LogP contribution is 2.32. The quantitative estimate of drug-likeness (QED) is 0.888. The summed E-state index contributed by atoms with van der Waals surface area (Å²) >= 11 is 0. The number of aromatic nitrogens is 2. The Balaban J connectivity index is 1.73. The van der Waals surface area contributed by atoms with Gasteiger partial charge in [0.05, 0.1) is 24.7 Å². The van der Waals surface area contributed by atoms with Crippen molar-refractivity contribution in [2.75, 3.05) is 13.6 Å². The average Bonchev–Trinajstić information content (AvgIpc) is 3.26. The van der Waals surface area contributed by atoms with Gasteiger partial charge in [0.25, 0.3) is 5.56 Å². The van der Waals surface area contributed by atoms with Crippen molar-refractivity contribution in [2.24, 2.45) is 5.41 Å². The fraction of sp³-hybridized carbons (Fsp3) is 0.765. The molecule has 1 heterocycles. The van der Waals surface area contributed by atoms with Gasteiger partial charge in [0.1, 0.15) is 0 Å². The van der Waals surface area contributed by atoms with Crippen LogP contribution in [-0.2, 0) is 19.4 Å². The van der Waals surface area contributed by atoms with E-state index in [-0.39, 0.29) is 11.0 Å². The van der Waals surface area contributed by atoms with E-state index in [1.165, 1.54) is 12.8 Å². The van der Waals surface area contributed by atoms with Gasteiger partial charge in [0.2, 0.25) is 0 Å². The maximum atomic E-state index is 12.7. The van der Waals surface area contributed by atoms with E-state index >= 15 is 0 Å². The fourth-order valence-corrected chi connectivity index (χ4v) is 3.39. The largest absolute Gasteiger partial charge is 0.390 e. The molecule has 0 bridgehead atoms. The lowest BCUT2D eigenvalue weighted by Gasteiger charge is -2.30. The van der Waals surface area contributed by atoms with E-state index in [9.17, 15) is 9.90 Å². The molecular formula is C17H27N3O2. The molecule has 1 saturated carbocycles. The predicted molar refractivity (Wildman–Crippen MR) is 86.0 cm³/mol. The molecule has 0 radical (unpaired) electrons. The van der Waals surface area contributed by atoms with Crippen LogP contribution in [0.4, 0.5) is 0 Å². The Kier molecular flexibility index (Phi) is 4.12. The number of rotatable bonds is 5. The number of hydrogen-bond acceptors (Lipinski definition) is 4. The number of likely N-dealkylation sites (N-methyl/N-ethyl adjacent to an activating group) is 1. The van der Waals surface area contributed by atoms with Crippen molar-refractivity contribution in [2.45, 2.75) is 64.6 Å². The lowest BCUT2D eigenvalue weighted by molar-refractivity contribution is 0.105. The SMILES string of the molecule is CN(CC(O)Cn1cnc2c(c1=O)CC(C)(C)CC2)C1CC1. The first kappa shape index (κ1) is 15.7. The molecule has 1 unspecified atom stereocenters. The van der Waals surface area contributed by atoms with E-state index in [1.807, 2.05) is 7.05 Å². The normalized spacial score (nSPS) is 21.7. The third-order valence-electron chi connectivity index (χ3n) is 4.99. The third kappa shape index (κ3) is 3.41. The van der Waals surface area contributed by atoms with Crippen molar-refractivity contribution in [3.05, 3.63) is 27.9 Å². The van der Waals surface area contributed by atoms with Crippen LogP contribution in [0.5, 0.6) is 0 Å². The van der Waals surface area contributed by atoms with Crippen LogP contribution in [0.2, 0.25) is 0 Å². The van der Waals surface area contributed by atoms with Gasteiger partial charge in [-0.25, -0.2) is 4.98 Å². The maximum absolute atomic E-state index is 12.7. The zero-order valence-electron chi connectivity index (χ0n) is 13.9. The van der Waals surface area contributed by atoms with Gasteiger partial charge in [0.15, 0.2) is 0 Å². The Bertz CT molecular complexity index is 604. The molecule has 2 aliphatic rings. The van der Waals surface area contributed by atoms with Gasteiger partial charge in [-0.3, -0.25) is 9.36 Å². The summed E-state index contributed by atoms with van der Waals surface area (Å²) in [5.41, 5.74) is 2.00. The zero-order chi connectivity index (χ0) is 15.9. The number of nitrogens with zero attached hydrogens (tertiary/aromatic N) is 3. The molecular weight excluding hydrogens is 278 g/mol. The minimum absolute atomic E-state index is 0.0332. The minimum atomic E-state index is -0.528. The van der Waals surface area contributed by atoms with Crippen molar-refractivity contribution in [1.29, 1.82) is 0 Å². The first-order valence-corrected chi connectivity index (χ1v) is 8.31. The summed E-state index contributed by atoms with van der Waals surface area (Å²) in [6.45, 7) is 5.34. The second kappa shape index (κ2) is 5.78. The summed E-state index contributed by atoms with van der Waals surface area (Å²) in [5, 5.41) is 10.3. The lowest BCUT2D eigenvalue weighted by atomic mass is 9.76. The average molecular weight is 305 g/mol. The molecule has 5 nitrogen and oxygen atoms in total. The smallest absolute Gasteiger partial charge is 0.256 e. The Labute approximate surface area is 132 Å². The topological polar surface area (TPSA) is 58.4 Å². The van der Waals surface area contributed by atoms with Crippen molar-refractivity contribution < 1.29 is 5.11 Å². The number of aliphatic hydroxyl groups is 1. The van der Waals surface area contributed by atoms with Crippen molar-refractivity contribution >= 4 is 0 Å². The molecule has 22 heavy (non-hydrogen) atoms. The molecule has 1 atom stereocenters. The van der Waals surface area contributed by atoms with Gasteiger partial charge in [-0.05, 0) is 44.6 Å². The van der Waals surface area contributed by atoms with Gasteiger partial charge >= 0.3 is 0 Å². The highest BCUT2D eigenvalue weighted by molar-refractivity contribution is 5.22. The van der Waals surface area contributed by atoms with E-state index in [2.05, 4.69) is 23.7 Å². The van der Waals surface area contributed by atoms with Crippen LogP contribution in [0.25, 0.3) is 0 Å². The zero-order valence-corrected chi connectivity index (χ0v) is 13.9. The summed E-state index contributed by atoms with van der Waals surface area (Å²) in [6, 6.07) is 0.619. The van der Waals surface area contributed by atoms with Crippen molar-refractivity contribution in [3.63, 3.8) is 0 Å². The van der Waals surface area contributed by atoms with Crippen LogP contribution in [-0.4, -0.2) is 45.3 Å². The second-order valence-electron chi connectivity index (χ2n) is 7.79. The first-order valence-electron chi connectivity index (χ1n) is 8.31. The molecule has 0 spiro atoms. The summed E-state index contributed by atoms with van der Waals surface area (Å²) in [4.78, 5) is 19.3. The maximum Gasteiger partial charge on any atom is 0.256 e. The lowest BCUT2D eigenvalue weighted by Crippen LogP contribution is -2.38. The summed E-state index contributed by atoms with van der Waals surface area (Å²) < 4.78 is 1.59. The van der Waals surface area contributed by atoms with Gasteiger partial charge in [-0.1, -0.05) is 13.8 Å². The molecule has 0 amide bonds. The fourth-order valence-electron chi connectivity index (χ4n) is 3.39. The van der Waals surface area contributed by atoms with Gasteiger partial charge in [0, 0.05) is 18.2 Å². The Morgan fingerprint density at radius 1 is 1.50 bits per heavy atom. The second-order valence-corrected chi connectivity index (χ2v) is 7.79. The molecule has 2 aliphatic carbocycles. The van der Waals surface area contributed by atoms with E-state index < -0.39 is 6.10 Å². The molecule has 0 saturated heterocycles. The Hall–Kier alpha value is -1.20. The Morgan fingerprint density at radius 2 is 2.23 bits per heavy atom. The number of fused-ring (bicyclic) bond motifs is 1. The predicted octanol–water partition coefficient (Wildman–Crippen LogP) is 1.21. The van der Waals surface area contributed by atoms with E-state index in [1.54, 1.807) is 10.9 Å². The standard InChI is InChI=1S/C17H27N3O2/c1-17(2)7-6-15-14(8-17)16(22)20(11-18-15)10-13(21)9-19(3)12-4-5-12/h11-13,21H,4-10H2,1-3H3. The van der Waals surface area contributed by atoms with Crippen molar-refractivity contribution in [3.8, 4) is 0 Å². The van der Waals surface area contributed by atoms with Gasteiger partial charge in [-0.15, -0.1) is 0 Å². The van der Waals surface area contributed by atoms with Crippen LogP contribution in [0.15, 0.2) is 11.1 Å². The highest BCUT2D eigenvalue weighted by Gasteiger charge is 2.30. The molecule has 0 aromatic carbocycles. The molecule has 5 heteroatoms. The molecule has 1 aromatic heterocycles. The molecule has 1 aromatic rings. The molecule has 122 valence electrons. The summed E-state index contributed by atoms with van der Waals surface area (Å²) in [6.07, 6.45) is 6.26. The molecule has 1 fully saturated rings. The minimum Gasteiger partial charge on any atom is -0.390 e. The van der Waals surface area contributed by atoms with E-state index in [0.717, 1.165) is 30.5 Å². The van der Waals surface area contributed by atoms with E-state index in [4.69, 9.17) is 0 Å². The van der Waals surface area contributed by atoms with Crippen molar-refractivity contribution in [1.82, 2.24) is 14.5 Å². The summed E-state index contributed by atoms with van der Waals surface area (Å²) in [7, 11) is 2.04. The van der Waals surface area contributed by atoms with Crippen LogP contribution in [0, 0.1) is 5.41 Å². The highest BCUT2D eigenvalue weighted by atomic mass is 16.3. The van der Waals surface area contributed by atoms with Crippen LogP contribution in [0.3, 0.4) is 0 Å². The molecule has 1 N–H and O–H groups in total. The third-order valence-corrected chi connectivity index (χ3v) is 4.99. The number of aryl methyl sites for hydroxylation is 1. The van der Waals surface area contributed by atoms with Crippen LogP contribution in [0.1, 0.15) is 44.4 Å². The monoisotopic (exact) mass is 305 g/mol. The molecule has 3 rings (SSSR count). The summed E-state index contributed by atoms with van der Waals surface area (Å²) in [5.74, 6) is 0. The first-order chi connectivity index (χ1) is 10.4. The van der Waals surface area contributed by atoms with E-state index in [0.29, 0.717) is 19.1 Å². The van der Waals surface area contributed by atoms with Gasteiger partial charge in [-0.2, -0.15) is 0 Å². The van der Waals surface area contributed by atoms with Crippen LogP contribution < -0.4 is 5.56 Å². The van der Waals surface area contributed by atoms with Gasteiger partial charge < -0.3 is 10.0 Å². The number of aliphatic hydroxyl groups excluding tert-OH is 1. The molecule has 0 aliphatic heterocycles. The number of hydrogen-bond donors (Lipinski definition) is 1.